The van der Waals surface area contributed by atoms with Gasteiger partial charge >= 0.3 is 0 Å². The second-order valence-electron chi connectivity index (χ2n) is 6.68. The van der Waals surface area contributed by atoms with E-state index in [1.54, 1.807) is 12.5 Å². The summed E-state index contributed by atoms with van der Waals surface area (Å²) >= 11 is 0. The molecule has 1 aromatic heterocycles. The van der Waals surface area contributed by atoms with Crippen molar-refractivity contribution in [3.8, 4) is 0 Å². The van der Waals surface area contributed by atoms with Gasteiger partial charge in [-0.1, -0.05) is 51.4 Å². The van der Waals surface area contributed by atoms with Crippen LogP contribution in [0.2, 0.25) is 0 Å². The Morgan fingerprint density at radius 2 is 1.33 bits per heavy atom. The highest BCUT2D eigenvalue weighted by atomic mass is 16.5. The van der Waals surface area contributed by atoms with E-state index in [1.165, 1.54) is 70.6 Å². The second-order valence-corrected chi connectivity index (χ2v) is 6.68. The summed E-state index contributed by atoms with van der Waals surface area (Å²) in [5, 5.41) is 0. The van der Waals surface area contributed by atoms with Crippen LogP contribution in [-0.4, -0.2) is 12.2 Å². The summed E-state index contributed by atoms with van der Waals surface area (Å²) in [6.45, 7) is 2.26. The molecule has 2 nitrogen and oxygen atoms in total. The lowest BCUT2D eigenvalue weighted by Gasteiger charge is -2.19. The Morgan fingerprint density at radius 1 is 0.762 bits per heavy atom. The Morgan fingerprint density at radius 3 is 1.90 bits per heavy atom. The van der Waals surface area contributed by atoms with Crippen LogP contribution >= 0.6 is 0 Å². The average molecular weight is 292 g/mol. The SMILES string of the molecule is CC1CC2CCCCCCCCCCC2O1.c1ccoc1. The van der Waals surface area contributed by atoms with Gasteiger partial charge in [-0.25, -0.2) is 0 Å². The molecular formula is C19H32O2. The predicted octanol–water partition coefficient (Wildman–Crippen LogP) is 5.97. The minimum absolute atomic E-state index is 0.528. The monoisotopic (exact) mass is 292 g/mol. The molecule has 1 saturated carbocycles. The van der Waals surface area contributed by atoms with Gasteiger partial charge in [0.05, 0.1) is 24.7 Å². The van der Waals surface area contributed by atoms with Gasteiger partial charge in [-0.15, -0.1) is 0 Å². The summed E-state index contributed by atoms with van der Waals surface area (Å²) in [7, 11) is 0. The van der Waals surface area contributed by atoms with E-state index in [2.05, 4.69) is 11.3 Å². The Balaban J connectivity index is 0.000000272. The van der Waals surface area contributed by atoms with Crippen LogP contribution in [0, 0.1) is 5.92 Å². The summed E-state index contributed by atoms with van der Waals surface area (Å²) < 4.78 is 10.7. The fourth-order valence-electron chi connectivity index (χ4n) is 3.69. The quantitative estimate of drug-likeness (QED) is 0.587. The van der Waals surface area contributed by atoms with Gasteiger partial charge in [-0.3, -0.25) is 0 Å². The molecule has 21 heavy (non-hydrogen) atoms. The Kier molecular flexibility index (Phi) is 7.95. The van der Waals surface area contributed by atoms with Crippen LogP contribution in [-0.2, 0) is 4.74 Å². The highest BCUT2D eigenvalue weighted by Crippen LogP contribution is 2.34. The molecule has 2 heterocycles. The molecule has 1 aromatic rings. The van der Waals surface area contributed by atoms with Crippen molar-refractivity contribution < 1.29 is 9.15 Å². The van der Waals surface area contributed by atoms with Gasteiger partial charge in [0.1, 0.15) is 0 Å². The van der Waals surface area contributed by atoms with Gasteiger partial charge in [0, 0.05) is 0 Å². The minimum Gasteiger partial charge on any atom is -0.473 e. The number of rotatable bonds is 0. The Bertz CT molecular complexity index is 296. The lowest BCUT2D eigenvalue weighted by molar-refractivity contribution is 0.0353. The lowest BCUT2D eigenvalue weighted by Crippen LogP contribution is -2.16. The summed E-state index contributed by atoms with van der Waals surface area (Å²) in [6.07, 6.45) is 20.0. The van der Waals surface area contributed by atoms with E-state index >= 15 is 0 Å². The molecule has 3 rings (SSSR count). The first-order valence-electron chi connectivity index (χ1n) is 8.99. The standard InChI is InChI=1S/C15H28O.C4H4O/c1-13-12-14-10-8-6-4-2-3-5-7-9-11-15(14)16-13;1-2-4-5-3-1/h13-15H,2-12H2,1H3;1-4H. The highest BCUT2D eigenvalue weighted by Gasteiger charge is 2.31. The average Bonchev–Trinajstić information content (AvgIpc) is 3.13. The van der Waals surface area contributed by atoms with Crippen molar-refractivity contribution >= 4 is 0 Å². The number of ether oxygens (including phenoxy) is 1. The zero-order chi connectivity index (χ0) is 14.8. The van der Waals surface area contributed by atoms with Crippen LogP contribution in [0.4, 0.5) is 0 Å². The molecule has 2 aliphatic rings. The molecule has 0 spiro atoms. The molecule has 3 atom stereocenters. The van der Waals surface area contributed by atoms with Crippen LogP contribution in [0.5, 0.6) is 0 Å². The normalized spacial score (nSPS) is 31.2. The molecule has 2 fully saturated rings. The van der Waals surface area contributed by atoms with E-state index < -0.39 is 0 Å². The van der Waals surface area contributed by atoms with Gasteiger partial charge < -0.3 is 9.15 Å². The summed E-state index contributed by atoms with van der Waals surface area (Å²) in [4.78, 5) is 0. The smallest absolute Gasteiger partial charge is 0.0902 e. The zero-order valence-corrected chi connectivity index (χ0v) is 13.6. The van der Waals surface area contributed by atoms with Crippen LogP contribution in [0.25, 0.3) is 0 Å². The number of fused-ring (bicyclic) bond motifs is 1. The van der Waals surface area contributed by atoms with Crippen molar-refractivity contribution in [2.75, 3.05) is 0 Å². The van der Waals surface area contributed by atoms with Crippen LogP contribution in [0.3, 0.4) is 0 Å². The maximum atomic E-state index is 6.07. The molecule has 1 aliphatic carbocycles. The van der Waals surface area contributed by atoms with Crippen LogP contribution in [0.15, 0.2) is 29.1 Å². The number of hydrogen-bond donors (Lipinski definition) is 0. The third-order valence-electron chi connectivity index (χ3n) is 4.81. The van der Waals surface area contributed by atoms with Crippen molar-refractivity contribution in [1.82, 2.24) is 0 Å². The zero-order valence-electron chi connectivity index (χ0n) is 13.6. The first kappa shape index (κ1) is 16.6. The summed E-state index contributed by atoms with van der Waals surface area (Å²) in [5.41, 5.74) is 0. The minimum atomic E-state index is 0.528. The second kappa shape index (κ2) is 10.0. The molecule has 0 N–H and O–H groups in total. The first-order valence-corrected chi connectivity index (χ1v) is 8.99. The van der Waals surface area contributed by atoms with E-state index in [4.69, 9.17) is 4.74 Å². The molecule has 120 valence electrons. The van der Waals surface area contributed by atoms with Crippen LogP contribution < -0.4 is 0 Å². The lowest BCUT2D eigenvalue weighted by atomic mass is 9.89. The topological polar surface area (TPSA) is 22.4 Å². The third-order valence-corrected chi connectivity index (χ3v) is 4.81. The molecule has 1 aliphatic heterocycles. The van der Waals surface area contributed by atoms with E-state index in [-0.39, 0.29) is 0 Å². The van der Waals surface area contributed by atoms with E-state index in [1.807, 2.05) is 12.1 Å². The first-order chi connectivity index (χ1) is 10.4. The molecule has 0 bridgehead atoms. The predicted molar refractivity (Wildman–Crippen MR) is 87.3 cm³/mol. The van der Waals surface area contributed by atoms with Gasteiger partial charge in [-0.05, 0) is 44.2 Å². The van der Waals surface area contributed by atoms with Gasteiger partial charge in [0.2, 0.25) is 0 Å². The van der Waals surface area contributed by atoms with Crippen molar-refractivity contribution in [1.29, 1.82) is 0 Å². The van der Waals surface area contributed by atoms with Crippen LogP contribution in [0.1, 0.15) is 77.6 Å². The maximum Gasteiger partial charge on any atom is 0.0902 e. The fourth-order valence-corrected chi connectivity index (χ4v) is 3.69. The van der Waals surface area contributed by atoms with Gasteiger partial charge in [0.25, 0.3) is 0 Å². The Labute approximate surface area is 130 Å². The summed E-state index contributed by atoms with van der Waals surface area (Å²) in [5.74, 6) is 0.884. The molecule has 1 saturated heterocycles. The summed E-state index contributed by atoms with van der Waals surface area (Å²) in [6, 6.07) is 3.67. The number of hydrogen-bond acceptors (Lipinski definition) is 2. The van der Waals surface area contributed by atoms with E-state index in [9.17, 15) is 0 Å². The van der Waals surface area contributed by atoms with Crippen molar-refractivity contribution in [2.45, 2.75) is 89.8 Å². The van der Waals surface area contributed by atoms with Gasteiger partial charge in [0.15, 0.2) is 0 Å². The van der Waals surface area contributed by atoms with Crippen molar-refractivity contribution in [3.63, 3.8) is 0 Å². The Hall–Kier alpha value is -0.760. The van der Waals surface area contributed by atoms with Gasteiger partial charge in [-0.2, -0.15) is 0 Å². The molecule has 0 radical (unpaired) electrons. The van der Waals surface area contributed by atoms with E-state index in [0.29, 0.717) is 12.2 Å². The van der Waals surface area contributed by atoms with Crippen molar-refractivity contribution in [3.05, 3.63) is 24.7 Å². The largest absolute Gasteiger partial charge is 0.473 e. The van der Waals surface area contributed by atoms with Crippen molar-refractivity contribution in [2.24, 2.45) is 5.92 Å². The fraction of sp³-hybridized carbons (Fsp3) is 0.789. The third kappa shape index (κ3) is 6.69. The number of furan rings is 1. The molecular weight excluding hydrogens is 260 g/mol. The molecule has 0 amide bonds. The maximum absolute atomic E-state index is 6.07. The highest BCUT2D eigenvalue weighted by molar-refractivity contribution is 4.81. The molecule has 0 aromatic carbocycles. The molecule has 2 heteroatoms. The molecule has 3 unspecified atom stereocenters. The van der Waals surface area contributed by atoms with E-state index in [0.717, 1.165) is 5.92 Å².